The van der Waals surface area contributed by atoms with Crippen molar-refractivity contribution in [3.8, 4) is 0 Å². The minimum atomic E-state index is -1.06. The van der Waals surface area contributed by atoms with E-state index < -0.39 is 12.0 Å². The topological polar surface area (TPSA) is 109 Å². The Bertz CT molecular complexity index is 351. The average Bonchev–Trinajstić information content (AvgIpc) is 2.69. The van der Waals surface area contributed by atoms with E-state index in [4.69, 9.17) is 5.11 Å². The summed E-state index contributed by atoms with van der Waals surface area (Å²) in [6.07, 6.45) is 1.64. The van der Waals surface area contributed by atoms with Gasteiger partial charge in [0.25, 0.3) is 0 Å². The highest BCUT2D eigenvalue weighted by atomic mass is 16.5. The third-order valence-electron chi connectivity index (χ3n) is 1.75. The highest BCUT2D eigenvalue weighted by Crippen LogP contribution is 1.89. The third-order valence-corrected chi connectivity index (χ3v) is 1.75. The summed E-state index contributed by atoms with van der Waals surface area (Å²) in [5.41, 5.74) is 0. The molecule has 1 aromatic rings. The Morgan fingerprint density at radius 3 is 2.94 bits per heavy atom. The first kappa shape index (κ1) is 12.0. The van der Waals surface area contributed by atoms with Gasteiger partial charge in [0.05, 0.1) is 0 Å². The summed E-state index contributed by atoms with van der Waals surface area (Å²) in [5.74, 6) is -0.572. The van der Waals surface area contributed by atoms with Gasteiger partial charge in [0, 0.05) is 20.0 Å². The van der Waals surface area contributed by atoms with Gasteiger partial charge in [-0.15, -0.1) is 0 Å². The van der Waals surface area contributed by atoms with Gasteiger partial charge < -0.3 is 19.8 Å². The van der Waals surface area contributed by atoms with Crippen molar-refractivity contribution in [2.24, 2.45) is 0 Å². The Morgan fingerprint density at radius 1 is 1.62 bits per heavy atom. The Morgan fingerprint density at radius 2 is 2.38 bits per heavy atom. The molecule has 2 N–H and O–H groups in total. The molecule has 88 valence electrons. The molecule has 1 rings (SSSR count). The van der Waals surface area contributed by atoms with E-state index in [1.54, 1.807) is 0 Å². The summed E-state index contributed by atoms with van der Waals surface area (Å²) >= 11 is 0. The second-order valence-corrected chi connectivity index (χ2v) is 3.08. The van der Waals surface area contributed by atoms with E-state index in [9.17, 15) is 9.59 Å². The monoisotopic (exact) mass is 228 g/mol. The van der Waals surface area contributed by atoms with Crippen molar-refractivity contribution in [2.45, 2.75) is 6.42 Å². The molecule has 0 aliphatic heterocycles. The number of aromatic nitrogens is 2. The largest absolute Gasteiger partial charge is 0.480 e. The maximum atomic E-state index is 11.3. The van der Waals surface area contributed by atoms with Crippen LogP contribution >= 0.6 is 0 Å². The van der Waals surface area contributed by atoms with Crippen molar-refractivity contribution in [1.82, 2.24) is 20.4 Å². The van der Waals surface area contributed by atoms with E-state index in [-0.39, 0.29) is 6.54 Å². The van der Waals surface area contributed by atoms with Crippen LogP contribution in [0, 0.1) is 0 Å². The fraction of sp³-hybridized carbons (Fsp3) is 0.500. The number of hydrogen-bond acceptors (Lipinski definition) is 5. The summed E-state index contributed by atoms with van der Waals surface area (Å²) < 4.78 is 4.51. The normalized spacial score (nSPS) is 9.81. The van der Waals surface area contributed by atoms with Crippen molar-refractivity contribution in [3.05, 3.63) is 12.2 Å². The number of nitrogens with one attached hydrogen (secondary N) is 1. The molecule has 0 saturated heterocycles. The number of urea groups is 1. The summed E-state index contributed by atoms with van der Waals surface area (Å²) in [7, 11) is 1.40. The van der Waals surface area contributed by atoms with Gasteiger partial charge in [0.15, 0.2) is 5.82 Å². The van der Waals surface area contributed by atoms with Crippen LogP contribution in [0.25, 0.3) is 0 Å². The Balaban J connectivity index is 2.22. The zero-order valence-corrected chi connectivity index (χ0v) is 8.71. The molecule has 0 unspecified atom stereocenters. The van der Waals surface area contributed by atoms with Crippen LogP contribution in [0.2, 0.25) is 0 Å². The Kier molecular flexibility index (Phi) is 4.25. The van der Waals surface area contributed by atoms with Crippen molar-refractivity contribution < 1.29 is 19.2 Å². The number of amides is 2. The van der Waals surface area contributed by atoms with Gasteiger partial charge in [-0.25, -0.2) is 4.79 Å². The van der Waals surface area contributed by atoms with Crippen LogP contribution in [-0.2, 0) is 11.2 Å². The summed E-state index contributed by atoms with van der Waals surface area (Å²) in [6, 6.07) is -0.453. The maximum absolute atomic E-state index is 11.3. The number of carboxylic acids is 1. The zero-order chi connectivity index (χ0) is 12.0. The highest BCUT2D eigenvalue weighted by Gasteiger charge is 2.11. The molecule has 0 aromatic carbocycles. The highest BCUT2D eigenvalue weighted by molar-refractivity contribution is 5.79. The van der Waals surface area contributed by atoms with E-state index >= 15 is 0 Å². The predicted molar refractivity (Wildman–Crippen MR) is 51.7 cm³/mol. The quantitative estimate of drug-likeness (QED) is 0.692. The first-order chi connectivity index (χ1) is 7.59. The minimum absolute atomic E-state index is 0.322. The lowest BCUT2D eigenvalue weighted by Gasteiger charge is -2.14. The molecule has 8 nitrogen and oxygen atoms in total. The second kappa shape index (κ2) is 5.69. The first-order valence-corrected chi connectivity index (χ1v) is 4.55. The van der Waals surface area contributed by atoms with E-state index in [0.717, 1.165) is 4.90 Å². The fourth-order valence-corrected chi connectivity index (χ4v) is 0.993. The molecule has 0 bridgehead atoms. The third kappa shape index (κ3) is 3.95. The van der Waals surface area contributed by atoms with Gasteiger partial charge in [0.1, 0.15) is 6.54 Å². The van der Waals surface area contributed by atoms with Crippen LogP contribution in [-0.4, -0.2) is 52.3 Å². The van der Waals surface area contributed by atoms with Crippen LogP contribution < -0.4 is 5.32 Å². The molecular weight excluding hydrogens is 216 g/mol. The van der Waals surface area contributed by atoms with Crippen LogP contribution in [0.3, 0.4) is 0 Å². The van der Waals surface area contributed by atoms with Crippen molar-refractivity contribution in [3.63, 3.8) is 0 Å². The number of carbonyl (C=O) groups is 2. The molecule has 0 spiro atoms. The lowest BCUT2D eigenvalue weighted by Crippen LogP contribution is -2.40. The van der Waals surface area contributed by atoms with Crippen molar-refractivity contribution in [1.29, 1.82) is 0 Å². The van der Waals surface area contributed by atoms with E-state index in [2.05, 4.69) is 20.0 Å². The minimum Gasteiger partial charge on any atom is -0.480 e. The molecule has 0 atom stereocenters. The van der Waals surface area contributed by atoms with Gasteiger partial charge >= 0.3 is 12.0 Å². The van der Waals surface area contributed by atoms with Crippen molar-refractivity contribution >= 4 is 12.0 Å². The number of carboxylic acid groups (broad SMARTS) is 1. The van der Waals surface area contributed by atoms with Crippen LogP contribution in [0.4, 0.5) is 4.79 Å². The Labute approximate surface area is 91.2 Å². The molecule has 2 amide bonds. The van der Waals surface area contributed by atoms with Gasteiger partial charge in [-0.2, -0.15) is 4.98 Å². The molecule has 0 saturated carbocycles. The lowest BCUT2D eigenvalue weighted by atomic mass is 10.4. The molecule has 1 aromatic heterocycles. The number of carbonyl (C=O) groups excluding carboxylic acids is 1. The standard InChI is InChI=1S/C8H12N4O4/c1-12(4-7(13)14)8(15)9-3-2-6-10-5-16-11-6/h5H,2-4H2,1H3,(H,9,15)(H,13,14). The summed E-state index contributed by atoms with van der Waals surface area (Å²) in [6.45, 7) is -0.0175. The molecule has 0 aliphatic rings. The predicted octanol–water partition coefficient (Wildman–Crippen LogP) is -0.662. The summed E-state index contributed by atoms with van der Waals surface area (Å²) in [5, 5.41) is 14.5. The van der Waals surface area contributed by atoms with Crippen LogP contribution in [0.15, 0.2) is 10.9 Å². The smallest absolute Gasteiger partial charge is 0.323 e. The summed E-state index contributed by atoms with van der Waals surface area (Å²) in [4.78, 5) is 26.5. The number of aliphatic carboxylic acids is 1. The molecule has 0 fully saturated rings. The Hall–Kier alpha value is -2.12. The maximum Gasteiger partial charge on any atom is 0.323 e. The molecule has 16 heavy (non-hydrogen) atoms. The van der Waals surface area contributed by atoms with Gasteiger partial charge in [-0.3, -0.25) is 4.79 Å². The average molecular weight is 228 g/mol. The van der Waals surface area contributed by atoms with Crippen LogP contribution in [0.1, 0.15) is 5.82 Å². The number of likely N-dealkylation sites (N-methyl/N-ethyl adjacent to an activating group) is 1. The van der Waals surface area contributed by atoms with E-state index in [0.29, 0.717) is 18.8 Å². The molecule has 8 heteroatoms. The van der Waals surface area contributed by atoms with E-state index in [1.807, 2.05) is 0 Å². The zero-order valence-electron chi connectivity index (χ0n) is 8.71. The molecule has 0 radical (unpaired) electrons. The molecular formula is C8H12N4O4. The van der Waals surface area contributed by atoms with Gasteiger partial charge in [-0.05, 0) is 0 Å². The van der Waals surface area contributed by atoms with Crippen molar-refractivity contribution in [2.75, 3.05) is 20.1 Å². The first-order valence-electron chi connectivity index (χ1n) is 4.55. The SMILES string of the molecule is CN(CC(=O)O)C(=O)NCCc1ncon1. The second-order valence-electron chi connectivity index (χ2n) is 3.08. The number of hydrogen-bond donors (Lipinski definition) is 2. The lowest BCUT2D eigenvalue weighted by molar-refractivity contribution is -0.137. The number of nitrogens with zero attached hydrogens (tertiary/aromatic N) is 3. The van der Waals surface area contributed by atoms with Gasteiger partial charge in [0.2, 0.25) is 6.39 Å². The molecule has 1 heterocycles. The number of rotatable bonds is 5. The van der Waals surface area contributed by atoms with Gasteiger partial charge in [-0.1, -0.05) is 5.16 Å². The molecule has 0 aliphatic carbocycles. The fourth-order valence-electron chi connectivity index (χ4n) is 0.993. The van der Waals surface area contributed by atoms with E-state index in [1.165, 1.54) is 13.4 Å². The van der Waals surface area contributed by atoms with Crippen LogP contribution in [0.5, 0.6) is 0 Å².